The molecule has 0 saturated carbocycles. The van der Waals surface area contributed by atoms with Gasteiger partial charge in [0.2, 0.25) is 10.0 Å². The summed E-state index contributed by atoms with van der Waals surface area (Å²) in [4.78, 5) is 12.0. The smallest absolute Gasteiger partial charge is 0.251 e. The van der Waals surface area contributed by atoms with Crippen molar-refractivity contribution in [3.05, 3.63) is 29.8 Å². The van der Waals surface area contributed by atoms with Crippen LogP contribution in [0, 0.1) is 0 Å². The Hall–Kier alpha value is -1.45. The fourth-order valence-corrected chi connectivity index (χ4v) is 5.42. The second kappa shape index (κ2) is 6.45. The minimum absolute atomic E-state index is 0.000827. The van der Waals surface area contributed by atoms with Crippen LogP contribution in [0.1, 0.15) is 37.6 Å². The number of rotatable bonds is 4. The molecule has 0 bridgehead atoms. The monoisotopic (exact) mass is 374 g/mol. The van der Waals surface area contributed by atoms with Crippen molar-refractivity contribution < 1.29 is 21.6 Å². The maximum Gasteiger partial charge on any atom is 0.251 e. The molecule has 0 radical (unpaired) electrons. The Morgan fingerprint density at radius 2 is 1.75 bits per heavy atom. The minimum atomic E-state index is -3.82. The first-order chi connectivity index (χ1) is 10.9. The maximum atomic E-state index is 12.3. The van der Waals surface area contributed by atoms with Crippen LogP contribution in [0.15, 0.2) is 29.2 Å². The third-order valence-electron chi connectivity index (χ3n) is 3.47. The predicted octanol–water partition coefficient (Wildman–Crippen LogP) is 0.680. The fourth-order valence-electron chi connectivity index (χ4n) is 2.37. The van der Waals surface area contributed by atoms with Crippen LogP contribution in [-0.4, -0.2) is 45.8 Å². The molecule has 1 aromatic rings. The molecular formula is C15H22N2O5S2. The van der Waals surface area contributed by atoms with Crippen molar-refractivity contribution in [2.24, 2.45) is 0 Å². The summed E-state index contributed by atoms with van der Waals surface area (Å²) in [5.74, 6) is -0.481. The summed E-state index contributed by atoms with van der Waals surface area (Å²) >= 11 is 0. The number of sulfone groups is 1. The molecule has 1 atom stereocenters. The molecule has 9 heteroatoms. The zero-order valence-corrected chi connectivity index (χ0v) is 15.5. The average molecular weight is 374 g/mol. The number of sulfonamides is 1. The number of hydrogen-bond acceptors (Lipinski definition) is 5. The zero-order valence-electron chi connectivity index (χ0n) is 13.9. The van der Waals surface area contributed by atoms with Gasteiger partial charge in [0.15, 0.2) is 9.84 Å². The van der Waals surface area contributed by atoms with Crippen LogP contribution in [0.3, 0.4) is 0 Å². The number of benzene rings is 1. The summed E-state index contributed by atoms with van der Waals surface area (Å²) in [5.41, 5.74) is -0.0375. The van der Waals surface area contributed by atoms with Crippen molar-refractivity contribution in [1.82, 2.24) is 10.0 Å². The molecule has 1 amide bonds. The quantitative estimate of drug-likeness (QED) is 0.805. The molecule has 1 unspecified atom stereocenters. The topological polar surface area (TPSA) is 109 Å². The van der Waals surface area contributed by atoms with Crippen molar-refractivity contribution in [3.8, 4) is 0 Å². The van der Waals surface area contributed by atoms with E-state index in [2.05, 4.69) is 10.0 Å². The first-order valence-corrected chi connectivity index (χ1v) is 10.8. The van der Waals surface area contributed by atoms with Gasteiger partial charge in [-0.3, -0.25) is 4.79 Å². The number of carbonyl (C=O) groups excluding carboxylic acids is 1. The highest BCUT2D eigenvalue weighted by atomic mass is 32.2. The van der Waals surface area contributed by atoms with Gasteiger partial charge in [-0.25, -0.2) is 21.6 Å². The molecule has 1 aromatic carbocycles. The van der Waals surface area contributed by atoms with E-state index in [1.807, 2.05) is 20.8 Å². The molecule has 1 saturated heterocycles. The van der Waals surface area contributed by atoms with Crippen LogP contribution in [0.25, 0.3) is 0 Å². The molecule has 1 aliphatic rings. The van der Waals surface area contributed by atoms with Gasteiger partial charge in [-0.1, -0.05) is 0 Å². The van der Waals surface area contributed by atoms with Gasteiger partial charge in [0, 0.05) is 17.1 Å². The van der Waals surface area contributed by atoms with Crippen molar-refractivity contribution in [2.75, 3.05) is 11.5 Å². The van der Waals surface area contributed by atoms with Gasteiger partial charge in [0.05, 0.1) is 16.4 Å². The maximum absolute atomic E-state index is 12.3. The average Bonchev–Trinajstić information content (AvgIpc) is 2.75. The summed E-state index contributed by atoms with van der Waals surface area (Å²) in [6, 6.07) is 4.93. The normalized spacial score (nSPS) is 20.7. The Morgan fingerprint density at radius 1 is 1.17 bits per heavy atom. The fraction of sp³-hybridized carbons (Fsp3) is 0.533. The lowest BCUT2D eigenvalue weighted by Gasteiger charge is -2.20. The first-order valence-electron chi connectivity index (χ1n) is 7.53. The number of carbonyl (C=O) groups is 1. The second-order valence-corrected chi connectivity index (χ2v) is 10.9. The number of amides is 1. The second-order valence-electron chi connectivity index (χ2n) is 6.95. The van der Waals surface area contributed by atoms with Crippen LogP contribution in [0.2, 0.25) is 0 Å². The van der Waals surface area contributed by atoms with Crippen LogP contribution in [-0.2, 0) is 19.9 Å². The zero-order chi connectivity index (χ0) is 18.2. The van der Waals surface area contributed by atoms with Crippen LogP contribution in [0.5, 0.6) is 0 Å². The Balaban J connectivity index is 2.10. The lowest BCUT2D eigenvalue weighted by molar-refractivity contribution is 0.0919. The molecule has 2 N–H and O–H groups in total. The van der Waals surface area contributed by atoms with E-state index < -0.39 is 31.4 Å². The summed E-state index contributed by atoms with van der Waals surface area (Å²) in [6.07, 6.45) is 0.271. The molecule has 0 spiro atoms. The SMILES string of the molecule is CC(C)(C)NC(=O)c1ccc(S(=O)(=O)NC2CCS(=O)(=O)C2)cc1. The van der Waals surface area contributed by atoms with E-state index >= 15 is 0 Å². The van der Waals surface area contributed by atoms with Gasteiger partial charge >= 0.3 is 0 Å². The summed E-state index contributed by atoms with van der Waals surface area (Å²) in [5, 5.41) is 2.79. The highest BCUT2D eigenvalue weighted by Crippen LogP contribution is 2.16. The summed E-state index contributed by atoms with van der Waals surface area (Å²) in [7, 11) is -6.98. The minimum Gasteiger partial charge on any atom is -0.347 e. The Labute approximate surface area is 142 Å². The van der Waals surface area contributed by atoms with Gasteiger partial charge in [0.25, 0.3) is 5.91 Å². The van der Waals surface area contributed by atoms with Crippen molar-refractivity contribution in [3.63, 3.8) is 0 Å². The van der Waals surface area contributed by atoms with Crippen molar-refractivity contribution >= 4 is 25.8 Å². The lowest BCUT2D eigenvalue weighted by atomic mass is 10.1. The van der Waals surface area contributed by atoms with E-state index in [9.17, 15) is 21.6 Å². The highest BCUT2D eigenvalue weighted by molar-refractivity contribution is 7.92. The van der Waals surface area contributed by atoms with E-state index in [0.717, 1.165) is 0 Å². The van der Waals surface area contributed by atoms with E-state index in [4.69, 9.17) is 0 Å². The summed E-state index contributed by atoms with van der Waals surface area (Å²) in [6.45, 7) is 5.55. The molecule has 1 aliphatic heterocycles. The van der Waals surface area contributed by atoms with Gasteiger partial charge < -0.3 is 5.32 Å². The number of hydrogen-bond donors (Lipinski definition) is 2. The van der Waals surface area contributed by atoms with Gasteiger partial charge in [-0.2, -0.15) is 0 Å². The van der Waals surface area contributed by atoms with Crippen LogP contribution < -0.4 is 10.0 Å². The van der Waals surface area contributed by atoms with Crippen molar-refractivity contribution in [2.45, 2.75) is 43.7 Å². The molecule has 7 nitrogen and oxygen atoms in total. The first kappa shape index (κ1) is 18.9. The van der Waals surface area contributed by atoms with Crippen molar-refractivity contribution in [1.29, 1.82) is 0 Å². The Kier molecular flexibility index (Phi) is 5.08. The van der Waals surface area contributed by atoms with Gasteiger partial charge in [0.1, 0.15) is 0 Å². The third-order valence-corrected chi connectivity index (χ3v) is 6.77. The van der Waals surface area contributed by atoms with Gasteiger partial charge in [-0.15, -0.1) is 0 Å². The molecule has 2 rings (SSSR count). The lowest BCUT2D eigenvalue weighted by Crippen LogP contribution is -2.40. The standard InChI is InChI=1S/C15H22N2O5S2/c1-15(2,3)16-14(18)11-4-6-13(7-5-11)24(21,22)17-12-8-9-23(19,20)10-12/h4-7,12,17H,8-10H2,1-3H3,(H,16,18). The third kappa shape index (κ3) is 5.02. The molecule has 134 valence electrons. The Morgan fingerprint density at radius 3 is 2.21 bits per heavy atom. The van der Waals surface area contributed by atoms with Gasteiger partial charge in [-0.05, 0) is 51.5 Å². The summed E-state index contributed by atoms with van der Waals surface area (Å²) < 4.78 is 49.8. The molecular weight excluding hydrogens is 352 g/mol. The van der Waals surface area contributed by atoms with E-state index in [-0.39, 0.29) is 28.7 Å². The molecule has 0 aliphatic carbocycles. The van der Waals surface area contributed by atoms with Crippen LogP contribution in [0.4, 0.5) is 0 Å². The Bertz CT molecular complexity index is 822. The molecule has 0 aromatic heterocycles. The van der Waals surface area contributed by atoms with E-state index in [1.54, 1.807) is 0 Å². The molecule has 1 fully saturated rings. The van der Waals surface area contributed by atoms with E-state index in [1.165, 1.54) is 24.3 Å². The number of nitrogens with one attached hydrogen (secondary N) is 2. The highest BCUT2D eigenvalue weighted by Gasteiger charge is 2.31. The van der Waals surface area contributed by atoms with Crippen LogP contribution >= 0.6 is 0 Å². The van der Waals surface area contributed by atoms with E-state index in [0.29, 0.717) is 5.56 Å². The largest absolute Gasteiger partial charge is 0.347 e. The molecule has 1 heterocycles. The predicted molar refractivity (Wildman–Crippen MR) is 91.0 cm³/mol. The molecule has 24 heavy (non-hydrogen) atoms.